The highest BCUT2D eigenvalue weighted by atomic mass is 35.5. The largest absolute Gasteiger partial charge is 0.480 e. The van der Waals surface area contributed by atoms with Gasteiger partial charge in [-0.3, -0.25) is 9.89 Å². The average molecular weight is 336 g/mol. The SMILES string of the molecule is CCCC[C@H](NC(=O)c1cn[nH]c1-c1cccc(Cl)c1)C(=O)O. The number of carbonyl (C=O) groups is 2. The van der Waals surface area contributed by atoms with Gasteiger partial charge in [0.25, 0.3) is 5.91 Å². The van der Waals surface area contributed by atoms with Gasteiger partial charge in [0.05, 0.1) is 17.5 Å². The maximum atomic E-state index is 12.4. The fourth-order valence-electron chi connectivity index (χ4n) is 2.22. The Morgan fingerprint density at radius 2 is 2.22 bits per heavy atom. The van der Waals surface area contributed by atoms with Gasteiger partial charge in [0.1, 0.15) is 6.04 Å². The van der Waals surface area contributed by atoms with Crippen LogP contribution in [0.1, 0.15) is 36.5 Å². The number of benzene rings is 1. The summed E-state index contributed by atoms with van der Waals surface area (Å²) < 4.78 is 0. The lowest BCUT2D eigenvalue weighted by atomic mass is 10.1. The number of hydrogen-bond acceptors (Lipinski definition) is 3. The van der Waals surface area contributed by atoms with Gasteiger partial charge in [-0.1, -0.05) is 43.5 Å². The van der Waals surface area contributed by atoms with Crippen LogP contribution in [-0.4, -0.2) is 33.2 Å². The van der Waals surface area contributed by atoms with Crippen molar-refractivity contribution in [3.8, 4) is 11.3 Å². The molecule has 2 aromatic rings. The molecule has 1 amide bonds. The van der Waals surface area contributed by atoms with E-state index in [2.05, 4.69) is 15.5 Å². The van der Waals surface area contributed by atoms with Gasteiger partial charge in [0, 0.05) is 10.6 Å². The van der Waals surface area contributed by atoms with Crippen LogP contribution in [0.2, 0.25) is 5.02 Å². The summed E-state index contributed by atoms with van der Waals surface area (Å²) in [7, 11) is 0. The highest BCUT2D eigenvalue weighted by Crippen LogP contribution is 2.24. The monoisotopic (exact) mass is 335 g/mol. The Morgan fingerprint density at radius 1 is 1.43 bits per heavy atom. The highest BCUT2D eigenvalue weighted by Gasteiger charge is 2.23. The van der Waals surface area contributed by atoms with Crippen molar-refractivity contribution in [2.45, 2.75) is 32.2 Å². The van der Waals surface area contributed by atoms with Crippen molar-refractivity contribution < 1.29 is 14.7 Å². The van der Waals surface area contributed by atoms with Gasteiger partial charge in [-0.2, -0.15) is 5.10 Å². The van der Waals surface area contributed by atoms with E-state index in [1.54, 1.807) is 24.3 Å². The van der Waals surface area contributed by atoms with Crippen molar-refractivity contribution in [1.82, 2.24) is 15.5 Å². The molecule has 6 nitrogen and oxygen atoms in total. The van der Waals surface area contributed by atoms with Crippen molar-refractivity contribution in [1.29, 1.82) is 0 Å². The molecule has 1 heterocycles. The normalized spacial score (nSPS) is 11.9. The first-order valence-corrected chi connectivity index (χ1v) is 7.73. The zero-order chi connectivity index (χ0) is 16.8. The zero-order valence-electron chi connectivity index (χ0n) is 12.7. The lowest BCUT2D eigenvalue weighted by molar-refractivity contribution is -0.139. The quantitative estimate of drug-likeness (QED) is 0.724. The zero-order valence-corrected chi connectivity index (χ0v) is 13.4. The van der Waals surface area contributed by atoms with Crippen LogP contribution < -0.4 is 5.32 Å². The summed E-state index contributed by atoms with van der Waals surface area (Å²) in [6, 6.07) is 6.08. The molecule has 0 radical (unpaired) electrons. The minimum absolute atomic E-state index is 0.287. The molecule has 1 aromatic carbocycles. The summed E-state index contributed by atoms with van der Waals surface area (Å²) in [6.45, 7) is 1.97. The first-order chi connectivity index (χ1) is 11.0. The van der Waals surface area contributed by atoms with E-state index in [4.69, 9.17) is 11.6 Å². The summed E-state index contributed by atoms with van der Waals surface area (Å²) >= 11 is 5.96. The standard InChI is InChI=1S/C16H18ClN3O3/c1-2-3-7-13(16(22)23)19-15(21)12-9-18-20-14(12)10-5-4-6-11(17)8-10/h4-6,8-9,13H,2-3,7H2,1H3,(H,18,20)(H,19,21)(H,22,23)/t13-/m0/s1. The van der Waals surface area contributed by atoms with E-state index in [-0.39, 0.29) is 5.56 Å². The maximum Gasteiger partial charge on any atom is 0.326 e. The first-order valence-electron chi connectivity index (χ1n) is 7.36. The third-order valence-electron chi connectivity index (χ3n) is 3.45. The second-order valence-corrected chi connectivity index (χ2v) is 5.61. The molecule has 0 aliphatic rings. The molecule has 0 saturated heterocycles. The third kappa shape index (κ3) is 4.32. The van der Waals surface area contributed by atoms with E-state index >= 15 is 0 Å². The number of H-pyrrole nitrogens is 1. The summed E-state index contributed by atoms with van der Waals surface area (Å²) in [5.74, 6) is -1.52. The van der Waals surface area contributed by atoms with Crippen LogP contribution >= 0.6 is 11.6 Å². The summed E-state index contributed by atoms with van der Waals surface area (Å²) in [5, 5.41) is 18.9. The topological polar surface area (TPSA) is 95.1 Å². The number of rotatable bonds is 7. The van der Waals surface area contributed by atoms with Gasteiger partial charge < -0.3 is 10.4 Å². The minimum Gasteiger partial charge on any atom is -0.480 e. The predicted octanol–water partition coefficient (Wildman–Crippen LogP) is 3.10. The smallest absolute Gasteiger partial charge is 0.326 e. The fraction of sp³-hybridized carbons (Fsp3) is 0.312. The molecule has 7 heteroatoms. The number of carboxylic acid groups (broad SMARTS) is 1. The van der Waals surface area contributed by atoms with E-state index in [0.29, 0.717) is 22.7 Å². The molecule has 2 rings (SSSR count). The minimum atomic E-state index is -1.04. The Morgan fingerprint density at radius 3 is 2.87 bits per heavy atom. The number of amides is 1. The van der Waals surface area contributed by atoms with E-state index in [9.17, 15) is 14.7 Å². The second-order valence-electron chi connectivity index (χ2n) is 5.18. The number of carboxylic acids is 1. The van der Waals surface area contributed by atoms with E-state index in [1.165, 1.54) is 6.20 Å². The Kier molecular flexibility index (Phi) is 5.76. The number of aromatic amines is 1. The van der Waals surface area contributed by atoms with Gasteiger partial charge in [0.15, 0.2) is 0 Å². The molecule has 23 heavy (non-hydrogen) atoms. The lowest BCUT2D eigenvalue weighted by Crippen LogP contribution is -2.40. The number of nitrogens with one attached hydrogen (secondary N) is 2. The number of nitrogens with zero attached hydrogens (tertiary/aromatic N) is 1. The molecule has 0 spiro atoms. The summed E-state index contributed by atoms with van der Waals surface area (Å²) in [5.41, 5.74) is 1.50. The van der Waals surface area contributed by atoms with Gasteiger partial charge in [0.2, 0.25) is 0 Å². The number of aromatic nitrogens is 2. The predicted molar refractivity (Wildman–Crippen MR) is 87.4 cm³/mol. The number of hydrogen-bond donors (Lipinski definition) is 3. The van der Waals surface area contributed by atoms with Gasteiger partial charge >= 0.3 is 5.97 Å². The summed E-state index contributed by atoms with van der Waals surface area (Å²) in [4.78, 5) is 23.6. The second kappa shape index (κ2) is 7.78. The Labute approximate surface area is 138 Å². The van der Waals surface area contributed by atoms with Gasteiger partial charge in [-0.15, -0.1) is 0 Å². The maximum absolute atomic E-state index is 12.4. The van der Waals surface area contributed by atoms with Crippen molar-refractivity contribution in [3.05, 3.63) is 41.0 Å². The van der Waals surface area contributed by atoms with Crippen LogP contribution in [0, 0.1) is 0 Å². The van der Waals surface area contributed by atoms with E-state index in [0.717, 1.165) is 12.8 Å². The van der Waals surface area contributed by atoms with Crippen molar-refractivity contribution in [3.63, 3.8) is 0 Å². The molecule has 3 N–H and O–H groups in total. The van der Waals surface area contributed by atoms with Crippen molar-refractivity contribution in [2.75, 3.05) is 0 Å². The number of aliphatic carboxylic acids is 1. The molecule has 122 valence electrons. The molecule has 1 atom stereocenters. The molecule has 0 aliphatic carbocycles. The van der Waals surface area contributed by atoms with Crippen LogP contribution in [0.25, 0.3) is 11.3 Å². The molecule has 0 fully saturated rings. The average Bonchev–Trinajstić information content (AvgIpc) is 3.00. The van der Waals surface area contributed by atoms with Crippen molar-refractivity contribution >= 4 is 23.5 Å². The first kappa shape index (κ1) is 17.0. The molecule has 0 bridgehead atoms. The molecule has 0 unspecified atom stereocenters. The third-order valence-corrected chi connectivity index (χ3v) is 3.68. The van der Waals surface area contributed by atoms with Gasteiger partial charge in [-0.05, 0) is 18.6 Å². The molecular formula is C16H18ClN3O3. The van der Waals surface area contributed by atoms with E-state index < -0.39 is 17.9 Å². The van der Waals surface area contributed by atoms with E-state index in [1.807, 2.05) is 6.92 Å². The molecule has 0 saturated carbocycles. The Bertz CT molecular complexity index is 699. The molecular weight excluding hydrogens is 318 g/mol. The van der Waals surface area contributed by atoms with Crippen molar-refractivity contribution in [2.24, 2.45) is 0 Å². The van der Waals surface area contributed by atoms with Crippen LogP contribution in [-0.2, 0) is 4.79 Å². The highest BCUT2D eigenvalue weighted by molar-refractivity contribution is 6.30. The Balaban J connectivity index is 2.20. The number of unbranched alkanes of at least 4 members (excludes halogenated alkanes) is 1. The Hall–Kier alpha value is -2.34. The van der Waals surface area contributed by atoms with Crippen LogP contribution in [0.3, 0.4) is 0 Å². The summed E-state index contributed by atoms with van der Waals surface area (Å²) in [6.07, 6.45) is 3.36. The molecule has 1 aromatic heterocycles. The number of halogens is 1. The molecule has 0 aliphatic heterocycles. The van der Waals surface area contributed by atoms with Gasteiger partial charge in [-0.25, -0.2) is 4.79 Å². The van der Waals surface area contributed by atoms with Crippen LogP contribution in [0.15, 0.2) is 30.5 Å². The van der Waals surface area contributed by atoms with Crippen LogP contribution in [0.5, 0.6) is 0 Å². The fourth-order valence-corrected chi connectivity index (χ4v) is 2.41. The van der Waals surface area contributed by atoms with Crippen LogP contribution in [0.4, 0.5) is 0 Å². The lowest BCUT2D eigenvalue weighted by Gasteiger charge is -2.14. The number of carbonyl (C=O) groups excluding carboxylic acids is 1.